The number of ether oxygens (including phenoxy) is 1. The maximum Gasteiger partial charge on any atom is 0.313 e. The quantitative estimate of drug-likeness (QED) is 0.607. The van der Waals surface area contributed by atoms with Gasteiger partial charge in [-0.25, -0.2) is 0 Å². The number of carbonyl (C=O) groups excluding carboxylic acids is 1. The van der Waals surface area contributed by atoms with Crippen molar-refractivity contribution in [1.29, 1.82) is 0 Å². The topological polar surface area (TPSA) is 26.3 Å². The molecule has 0 heterocycles. The normalized spacial score (nSPS) is 12.1. The van der Waals surface area contributed by atoms with Gasteiger partial charge in [0.1, 0.15) is 0 Å². The molecule has 0 N–H and O–H groups in total. The van der Waals surface area contributed by atoms with E-state index in [1.165, 1.54) is 7.11 Å². The van der Waals surface area contributed by atoms with Crippen molar-refractivity contribution in [2.45, 2.75) is 18.8 Å². The predicted molar refractivity (Wildman–Crippen MR) is 64.2 cm³/mol. The van der Waals surface area contributed by atoms with E-state index in [4.69, 9.17) is 4.74 Å². The van der Waals surface area contributed by atoms with Gasteiger partial charge in [0.2, 0.25) is 0 Å². The van der Waals surface area contributed by atoms with E-state index in [0.717, 1.165) is 23.7 Å². The molecule has 0 spiro atoms. The van der Waals surface area contributed by atoms with Crippen molar-refractivity contribution >= 4 is 21.9 Å². The Labute approximate surface area is 98.8 Å². The lowest BCUT2D eigenvalue weighted by molar-refractivity contribution is -0.142. The van der Waals surface area contributed by atoms with Gasteiger partial charge in [-0.15, -0.1) is 0 Å². The summed E-state index contributed by atoms with van der Waals surface area (Å²) in [7, 11) is 1.44. The van der Waals surface area contributed by atoms with Crippen LogP contribution in [0.2, 0.25) is 0 Å². The number of hydrogen-bond donors (Lipinski definition) is 0. The molecule has 2 nitrogen and oxygen atoms in total. The third kappa shape index (κ3) is 3.67. The van der Waals surface area contributed by atoms with Crippen molar-refractivity contribution in [3.05, 3.63) is 35.9 Å². The third-order valence-electron chi connectivity index (χ3n) is 2.31. The Morgan fingerprint density at radius 3 is 2.60 bits per heavy atom. The molecular formula is C12H15BrO2. The Bertz CT molecular complexity index is 298. The van der Waals surface area contributed by atoms with Crippen molar-refractivity contribution in [3.63, 3.8) is 0 Å². The van der Waals surface area contributed by atoms with Crippen LogP contribution in [-0.4, -0.2) is 18.4 Å². The largest absolute Gasteiger partial charge is 0.469 e. The smallest absolute Gasteiger partial charge is 0.313 e. The summed E-state index contributed by atoms with van der Waals surface area (Å²) in [5.74, 6) is -0.282. The Morgan fingerprint density at radius 2 is 2.07 bits per heavy atom. The summed E-state index contributed by atoms with van der Waals surface area (Å²) < 4.78 is 4.81. The van der Waals surface area contributed by atoms with Crippen molar-refractivity contribution in [3.8, 4) is 0 Å². The molecule has 0 aliphatic heterocycles. The zero-order valence-electron chi connectivity index (χ0n) is 8.78. The molecule has 0 amide bonds. The molecule has 1 atom stereocenters. The first kappa shape index (κ1) is 12.2. The average molecular weight is 271 g/mol. The van der Waals surface area contributed by atoms with Gasteiger partial charge in [0.25, 0.3) is 0 Å². The van der Waals surface area contributed by atoms with Crippen molar-refractivity contribution in [1.82, 2.24) is 0 Å². The molecule has 0 radical (unpaired) electrons. The summed E-state index contributed by atoms with van der Waals surface area (Å²) in [5, 5.41) is 0.910. The first-order valence-electron chi connectivity index (χ1n) is 4.98. The Hall–Kier alpha value is -0.830. The molecule has 1 aromatic rings. The molecule has 1 rings (SSSR count). The monoisotopic (exact) mass is 270 g/mol. The molecule has 0 aromatic heterocycles. The Kier molecular flexibility index (Phi) is 5.40. The van der Waals surface area contributed by atoms with Gasteiger partial charge in [-0.3, -0.25) is 4.79 Å². The van der Waals surface area contributed by atoms with E-state index < -0.39 is 0 Å². The summed E-state index contributed by atoms with van der Waals surface area (Å²) >= 11 is 3.37. The first-order valence-corrected chi connectivity index (χ1v) is 6.10. The molecule has 0 aliphatic carbocycles. The van der Waals surface area contributed by atoms with E-state index in [2.05, 4.69) is 15.9 Å². The van der Waals surface area contributed by atoms with Crippen LogP contribution in [0.3, 0.4) is 0 Å². The Balaban J connectivity index is 2.76. The minimum atomic E-state index is -0.151. The number of hydrogen-bond acceptors (Lipinski definition) is 2. The molecule has 0 saturated carbocycles. The highest BCUT2D eigenvalue weighted by Gasteiger charge is 2.20. The molecule has 15 heavy (non-hydrogen) atoms. The van der Waals surface area contributed by atoms with E-state index >= 15 is 0 Å². The van der Waals surface area contributed by atoms with Crippen LogP contribution in [0.4, 0.5) is 0 Å². The maximum absolute atomic E-state index is 11.6. The zero-order chi connectivity index (χ0) is 11.1. The van der Waals surface area contributed by atoms with Crippen LogP contribution in [0, 0.1) is 0 Å². The lowest BCUT2D eigenvalue weighted by Gasteiger charge is -2.13. The fourth-order valence-electron chi connectivity index (χ4n) is 1.53. The van der Waals surface area contributed by atoms with E-state index in [1.54, 1.807) is 0 Å². The number of benzene rings is 1. The van der Waals surface area contributed by atoms with Crippen molar-refractivity contribution < 1.29 is 9.53 Å². The van der Waals surface area contributed by atoms with E-state index in [-0.39, 0.29) is 11.9 Å². The van der Waals surface area contributed by atoms with Crippen molar-refractivity contribution in [2.75, 3.05) is 12.4 Å². The van der Waals surface area contributed by atoms with Gasteiger partial charge in [-0.05, 0) is 18.4 Å². The number of rotatable bonds is 5. The predicted octanol–water partition coefficient (Wildman–Crippen LogP) is 3.12. The van der Waals surface area contributed by atoms with Crippen molar-refractivity contribution in [2.24, 2.45) is 0 Å². The second kappa shape index (κ2) is 6.62. The third-order valence-corrected chi connectivity index (χ3v) is 2.87. The standard InChI is InChI=1S/C12H15BrO2/c1-15-12(14)11(8-5-9-13)10-6-3-2-4-7-10/h2-4,6-7,11H,5,8-9H2,1H3. The lowest BCUT2D eigenvalue weighted by Crippen LogP contribution is -2.14. The molecule has 1 unspecified atom stereocenters. The SMILES string of the molecule is COC(=O)C(CCCBr)c1ccccc1. The highest BCUT2D eigenvalue weighted by molar-refractivity contribution is 9.09. The fraction of sp³-hybridized carbons (Fsp3) is 0.417. The number of esters is 1. The van der Waals surface area contributed by atoms with Crippen LogP contribution >= 0.6 is 15.9 Å². The minimum Gasteiger partial charge on any atom is -0.469 e. The van der Waals surface area contributed by atoms with Gasteiger partial charge in [0.05, 0.1) is 13.0 Å². The summed E-state index contributed by atoms with van der Waals surface area (Å²) in [5.41, 5.74) is 1.03. The highest BCUT2D eigenvalue weighted by atomic mass is 79.9. The van der Waals surface area contributed by atoms with E-state index in [0.29, 0.717) is 0 Å². The van der Waals surface area contributed by atoms with Crippen LogP contribution < -0.4 is 0 Å². The summed E-state index contributed by atoms with van der Waals surface area (Å²) in [6, 6.07) is 9.77. The van der Waals surface area contributed by atoms with Gasteiger partial charge < -0.3 is 4.74 Å². The summed E-state index contributed by atoms with van der Waals surface area (Å²) in [4.78, 5) is 11.6. The number of alkyl halides is 1. The molecule has 0 fully saturated rings. The zero-order valence-corrected chi connectivity index (χ0v) is 10.4. The second-order valence-corrected chi connectivity index (χ2v) is 4.11. The average Bonchev–Trinajstić information content (AvgIpc) is 2.30. The number of halogens is 1. The van der Waals surface area contributed by atoms with Gasteiger partial charge in [-0.2, -0.15) is 0 Å². The van der Waals surface area contributed by atoms with Gasteiger partial charge >= 0.3 is 5.97 Å². The molecule has 3 heteroatoms. The van der Waals surface area contributed by atoms with Gasteiger partial charge in [0, 0.05) is 5.33 Å². The summed E-state index contributed by atoms with van der Waals surface area (Å²) in [6.45, 7) is 0. The maximum atomic E-state index is 11.6. The Morgan fingerprint density at radius 1 is 1.40 bits per heavy atom. The van der Waals surface area contributed by atoms with Crippen LogP contribution in [-0.2, 0) is 9.53 Å². The van der Waals surface area contributed by atoms with Gasteiger partial charge in [0.15, 0.2) is 0 Å². The molecular weight excluding hydrogens is 256 g/mol. The van der Waals surface area contributed by atoms with E-state index in [9.17, 15) is 4.79 Å². The molecule has 0 saturated heterocycles. The minimum absolute atomic E-state index is 0.131. The van der Waals surface area contributed by atoms with Gasteiger partial charge in [-0.1, -0.05) is 46.3 Å². The first-order chi connectivity index (χ1) is 7.29. The fourth-order valence-corrected chi connectivity index (χ4v) is 1.85. The van der Waals surface area contributed by atoms with Crippen LogP contribution in [0.1, 0.15) is 24.3 Å². The number of methoxy groups -OCH3 is 1. The molecule has 0 bridgehead atoms. The summed E-state index contributed by atoms with van der Waals surface area (Å²) in [6.07, 6.45) is 1.79. The van der Waals surface area contributed by atoms with Crippen LogP contribution in [0.5, 0.6) is 0 Å². The van der Waals surface area contributed by atoms with Crippen LogP contribution in [0.15, 0.2) is 30.3 Å². The number of carbonyl (C=O) groups is 1. The van der Waals surface area contributed by atoms with E-state index in [1.807, 2.05) is 30.3 Å². The highest BCUT2D eigenvalue weighted by Crippen LogP contribution is 2.22. The van der Waals surface area contributed by atoms with Crippen LogP contribution in [0.25, 0.3) is 0 Å². The molecule has 82 valence electrons. The molecule has 0 aliphatic rings. The lowest BCUT2D eigenvalue weighted by atomic mass is 9.95. The molecule has 1 aromatic carbocycles. The second-order valence-electron chi connectivity index (χ2n) is 3.32.